The van der Waals surface area contributed by atoms with Gasteiger partial charge in [0.15, 0.2) is 0 Å². The van der Waals surface area contributed by atoms with E-state index in [1.54, 1.807) is 4.68 Å². The highest BCUT2D eigenvalue weighted by atomic mass is 32.2. The molecule has 6 nitrogen and oxygen atoms in total. The number of aromatic nitrogens is 2. The maximum atomic E-state index is 14.2. The molecule has 1 aliphatic heterocycles. The smallest absolute Gasteiger partial charge is 0.230 e. The third-order valence-electron chi connectivity index (χ3n) is 5.91. The Morgan fingerprint density at radius 2 is 1.42 bits per heavy atom. The van der Waals surface area contributed by atoms with Crippen molar-refractivity contribution in [3.05, 3.63) is 114 Å². The molecule has 168 valence electrons. The first-order valence-electron chi connectivity index (χ1n) is 10.9. The van der Waals surface area contributed by atoms with E-state index in [0.717, 1.165) is 16.7 Å². The summed E-state index contributed by atoms with van der Waals surface area (Å²) in [5, 5.41) is 11.0. The molecule has 2 N–H and O–H groups in total. The topological polar surface area (TPSA) is 82.5 Å². The van der Waals surface area contributed by atoms with Crippen LogP contribution < -0.4 is 9.88 Å². The fraction of sp³-hybridized carbons (Fsp3) is 0.192. The van der Waals surface area contributed by atoms with Gasteiger partial charge in [0.25, 0.3) is 0 Å². The third-order valence-corrected chi connectivity index (χ3v) is 7.37. The number of nitrogens with zero attached hydrogens (tertiary/aromatic N) is 3. The molecule has 7 heteroatoms. The van der Waals surface area contributed by atoms with Crippen molar-refractivity contribution in [3.63, 3.8) is 0 Å². The Bertz CT molecular complexity index is 1260. The first kappa shape index (κ1) is 21.4. The summed E-state index contributed by atoms with van der Waals surface area (Å²) in [7, 11) is -3.41. The molecule has 2 heterocycles. The van der Waals surface area contributed by atoms with Gasteiger partial charge < -0.3 is 4.74 Å². The van der Waals surface area contributed by atoms with Gasteiger partial charge in [0.2, 0.25) is 5.88 Å². The summed E-state index contributed by atoms with van der Waals surface area (Å²) in [6.07, 6.45) is 1.53. The lowest BCUT2D eigenvalue weighted by Crippen LogP contribution is -2.31. The van der Waals surface area contributed by atoms with E-state index in [-0.39, 0.29) is 0 Å². The first-order chi connectivity index (χ1) is 16.0. The normalized spacial score (nSPS) is 17.5. The molecule has 0 fully saturated rings. The van der Waals surface area contributed by atoms with Gasteiger partial charge in [0.05, 0.1) is 19.3 Å². The highest BCUT2D eigenvalue weighted by Crippen LogP contribution is 2.42. The number of ether oxygens (including phenoxy) is 1. The Hall–Kier alpha value is -3.42. The number of fused-ring (bicyclic) bond motifs is 1. The second-order valence-corrected chi connectivity index (χ2v) is 10.1. The summed E-state index contributed by atoms with van der Waals surface area (Å²) in [4.78, 5) is 0.321. The van der Waals surface area contributed by atoms with Crippen LogP contribution in [0.1, 0.15) is 23.6 Å². The van der Waals surface area contributed by atoms with Crippen LogP contribution in [0.25, 0.3) is 0 Å². The second-order valence-electron chi connectivity index (χ2n) is 8.38. The van der Waals surface area contributed by atoms with Crippen LogP contribution in [-0.4, -0.2) is 20.6 Å². The number of benzene rings is 3. The van der Waals surface area contributed by atoms with Crippen molar-refractivity contribution in [1.82, 2.24) is 9.78 Å². The van der Waals surface area contributed by atoms with Crippen molar-refractivity contribution in [3.8, 4) is 5.88 Å². The maximum Gasteiger partial charge on any atom is 0.230 e. The van der Waals surface area contributed by atoms with Crippen LogP contribution in [0.2, 0.25) is 0 Å². The molecule has 2 atom stereocenters. The fourth-order valence-corrected chi connectivity index (χ4v) is 5.79. The number of hydrogen-bond acceptors (Lipinski definition) is 4. The lowest BCUT2D eigenvalue weighted by molar-refractivity contribution is 0.170. The van der Waals surface area contributed by atoms with Crippen LogP contribution >= 0.6 is 0 Å². The summed E-state index contributed by atoms with van der Waals surface area (Å²) in [5.41, 5.74) is 1.52. The molecule has 0 radical (unpaired) electrons. The molecule has 5 rings (SSSR count). The predicted molar refractivity (Wildman–Crippen MR) is 129 cm³/mol. The van der Waals surface area contributed by atoms with Crippen molar-refractivity contribution in [2.24, 2.45) is 15.4 Å². The van der Waals surface area contributed by atoms with Crippen LogP contribution in [0.4, 0.5) is 0 Å². The Balaban J connectivity index is 1.82. The minimum absolute atomic E-state index is 0.313. The van der Waals surface area contributed by atoms with E-state index < -0.39 is 15.5 Å². The fourth-order valence-electron chi connectivity index (χ4n) is 4.35. The van der Waals surface area contributed by atoms with E-state index in [2.05, 4.69) is 12.0 Å². The zero-order valence-electron chi connectivity index (χ0n) is 18.4. The standard InChI is InChI=1S/C26H26N4O2S/c1-20-18-30-25(32-19-20)24(17-28-30)33(27,31)29-26(21-11-5-2-6-12-21,22-13-7-3-8-14-22)23-15-9-4-10-16-23/h2-17,20H,18-19H2,1H3,(H2,27,29,31)/t20-,33?/m0/s1. The van der Waals surface area contributed by atoms with E-state index in [1.807, 2.05) is 91.0 Å². The quantitative estimate of drug-likeness (QED) is 0.444. The van der Waals surface area contributed by atoms with Crippen LogP contribution in [0, 0.1) is 5.92 Å². The molecule has 0 saturated carbocycles. The first-order valence-corrected chi connectivity index (χ1v) is 12.5. The SMILES string of the molecule is C[C@@H]1COc2c(S(N)(=O)=NC(c3ccccc3)(c3ccccc3)c3ccccc3)cnn2C1. The molecule has 3 aromatic carbocycles. The van der Waals surface area contributed by atoms with E-state index >= 15 is 0 Å². The van der Waals surface area contributed by atoms with Gasteiger partial charge in [0, 0.05) is 5.92 Å². The van der Waals surface area contributed by atoms with E-state index in [9.17, 15) is 4.21 Å². The van der Waals surface area contributed by atoms with Gasteiger partial charge in [-0.15, -0.1) is 0 Å². The predicted octanol–water partition coefficient (Wildman–Crippen LogP) is 4.60. The molecular weight excluding hydrogens is 432 g/mol. The van der Waals surface area contributed by atoms with Gasteiger partial charge in [0.1, 0.15) is 20.3 Å². The minimum Gasteiger partial charge on any atom is -0.477 e. The molecule has 1 unspecified atom stereocenters. The molecule has 0 bridgehead atoms. The lowest BCUT2D eigenvalue weighted by atomic mass is 9.78. The second kappa shape index (κ2) is 8.50. The Kier molecular flexibility index (Phi) is 5.52. The summed E-state index contributed by atoms with van der Waals surface area (Å²) in [6.45, 7) is 3.29. The average molecular weight is 459 g/mol. The summed E-state index contributed by atoms with van der Waals surface area (Å²) in [6, 6.07) is 29.5. The van der Waals surface area contributed by atoms with Crippen molar-refractivity contribution in [1.29, 1.82) is 0 Å². The molecule has 0 saturated heterocycles. The molecule has 33 heavy (non-hydrogen) atoms. The van der Waals surface area contributed by atoms with Crippen molar-refractivity contribution >= 4 is 9.92 Å². The maximum absolute atomic E-state index is 14.2. The molecule has 0 amide bonds. The van der Waals surface area contributed by atoms with Crippen molar-refractivity contribution in [2.75, 3.05) is 6.61 Å². The minimum atomic E-state index is -3.41. The number of rotatable bonds is 5. The van der Waals surface area contributed by atoms with Crippen molar-refractivity contribution in [2.45, 2.75) is 23.9 Å². The lowest BCUT2D eigenvalue weighted by Gasteiger charge is -2.32. The van der Waals surface area contributed by atoms with Crippen LogP contribution in [0.15, 0.2) is 106 Å². The molecule has 0 spiro atoms. The molecule has 1 aliphatic rings. The number of hydrogen-bond donors (Lipinski definition) is 1. The average Bonchev–Trinajstić information content (AvgIpc) is 3.28. The summed E-state index contributed by atoms with van der Waals surface area (Å²) < 4.78 is 26.8. The Labute approximate surface area is 194 Å². The molecule has 4 aromatic rings. The van der Waals surface area contributed by atoms with Gasteiger partial charge >= 0.3 is 0 Å². The van der Waals surface area contributed by atoms with Gasteiger partial charge in [-0.3, -0.25) is 0 Å². The molecular formula is C26H26N4O2S. The van der Waals surface area contributed by atoms with Crippen LogP contribution in [-0.2, 0) is 22.0 Å². The third kappa shape index (κ3) is 3.83. The molecule has 0 aliphatic carbocycles. The van der Waals surface area contributed by atoms with E-state index in [1.165, 1.54) is 6.20 Å². The highest BCUT2D eigenvalue weighted by molar-refractivity contribution is 7.91. The monoisotopic (exact) mass is 458 g/mol. The van der Waals surface area contributed by atoms with Gasteiger partial charge in [-0.1, -0.05) is 97.9 Å². The number of nitrogens with two attached hydrogens (primary N) is 1. The summed E-state index contributed by atoms with van der Waals surface area (Å²) >= 11 is 0. The van der Waals surface area contributed by atoms with Gasteiger partial charge in [-0.25, -0.2) is 14.0 Å². The van der Waals surface area contributed by atoms with Gasteiger partial charge in [-0.05, 0) is 16.7 Å². The van der Waals surface area contributed by atoms with Crippen LogP contribution in [0.3, 0.4) is 0 Å². The zero-order chi connectivity index (χ0) is 22.9. The highest BCUT2D eigenvalue weighted by Gasteiger charge is 2.39. The Morgan fingerprint density at radius 1 is 0.939 bits per heavy atom. The van der Waals surface area contributed by atoms with Gasteiger partial charge in [-0.2, -0.15) is 9.46 Å². The summed E-state index contributed by atoms with van der Waals surface area (Å²) in [5.74, 6) is 0.750. The van der Waals surface area contributed by atoms with E-state index in [4.69, 9.17) is 14.2 Å². The van der Waals surface area contributed by atoms with Crippen LogP contribution in [0.5, 0.6) is 5.88 Å². The van der Waals surface area contributed by atoms with Crippen molar-refractivity contribution < 1.29 is 8.95 Å². The Morgan fingerprint density at radius 3 is 1.91 bits per heavy atom. The largest absolute Gasteiger partial charge is 0.477 e. The zero-order valence-corrected chi connectivity index (χ0v) is 19.2. The molecule has 1 aromatic heterocycles. The van der Waals surface area contributed by atoms with E-state index in [0.29, 0.717) is 29.8 Å².